The van der Waals surface area contributed by atoms with Gasteiger partial charge in [-0.1, -0.05) is 19.9 Å². The van der Waals surface area contributed by atoms with Crippen molar-refractivity contribution in [3.05, 3.63) is 35.4 Å². The highest BCUT2D eigenvalue weighted by Gasteiger charge is 2.42. The lowest BCUT2D eigenvalue weighted by atomic mass is 9.73. The zero-order valence-corrected chi connectivity index (χ0v) is 9.42. The number of carbonyl (C=O) groups is 1. The van der Waals surface area contributed by atoms with E-state index in [1.165, 1.54) is 13.0 Å². The van der Waals surface area contributed by atoms with Crippen LogP contribution in [-0.2, 0) is 10.2 Å². The monoisotopic (exact) mass is 228 g/mol. The summed E-state index contributed by atoms with van der Waals surface area (Å²) in [6.07, 6.45) is 0. The van der Waals surface area contributed by atoms with Crippen LogP contribution >= 0.6 is 0 Å². The molecular weight excluding hydrogens is 214 g/mol. The normalized spacial score (nSPS) is 14.9. The van der Waals surface area contributed by atoms with Gasteiger partial charge in [-0.2, -0.15) is 0 Å². The fourth-order valence-electron chi connectivity index (χ4n) is 1.64. The van der Waals surface area contributed by atoms with Crippen LogP contribution in [0.4, 0.5) is 8.78 Å². The van der Waals surface area contributed by atoms with Gasteiger partial charge in [0.2, 0.25) is 0 Å². The van der Waals surface area contributed by atoms with Crippen LogP contribution in [-0.4, -0.2) is 11.1 Å². The van der Waals surface area contributed by atoms with Gasteiger partial charge in [-0.05, 0) is 25.0 Å². The van der Waals surface area contributed by atoms with Crippen molar-refractivity contribution in [3.63, 3.8) is 0 Å². The number of hydrogen-bond acceptors (Lipinski definition) is 1. The first-order valence-electron chi connectivity index (χ1n) is 4.99. The topological polar surface area (TPSA) is 37.3 Å². The summed E-state index contributed by atoms with van der Waals surface area (Å²) >= 11 is 0. The molecule has 0 aliphatic heterocycles. The summed E-state index contributed by atoms with van der Waals surface area (Å²) in [5.41, 5.74) is -1.94. The molecule has 1 atom stereocenters. The number of halogens is 2. The predicted octanol–water partition coefficient (Wildman–Crippen LogP) is 2.96. The minimum absolute atomic E-state index is 0.377. The maximum atomic E-state index is 13.6. The van der Waals surface area contributed by atoms with Gasteiger partial charge in [-0.25, -0.2) is 8.78 Å². The summed E-state index contributed by atoms with van der Waals surface area (Å²) in [6.45, 7) is 4.58. The summed E-state index contributed by atoms with van der Waals surface area (Å²) < 4.78 is 27.1. The Morgan fingerprint density at radius 3 is 2.06 bits per heavy atom. The Labute approximate surface area is 92.9 Å². The van der Waals surface area contributed by atoms with E-state index >= 15 is 0 Å². The highest BCUT2D eigenvalue weighted by Crippen LogP contribution is 2.35. The van der Waals surface area contributed by atoms with Crippen molar-refractivity contribution in [1.82, 2.24) is 0 Å². The molecule has 0 spiro atoms. The Kier molecular flexibility index (Phi) is 3.31. The van der Waals surface area contributed by atoms with Gasteiger partial charge in [-0.15, -0.1) is 0 Å². The molecule has 1 unspecified atom stereocenters. The smallest absolute Gasteiger partial charge is 0.314 e. The Balaban J connectivity index is 3.50. The van der Waals surface area contributed by atoms with Crippen LogP contribution in [0.3, 0.4) is 0 Å². The molecule has 88 valence electrons. The number of hydrogen-bond donors (Lipinski definition) is 1. The second-order valence-electron chi connectivity index (χ2n) is 4.26. The third-order valence-electron chi connectivity index (χ3n) is 3.08. The first kappa shape index (κ1) is 12.6. The molecule has 4 heteroatoms. The van der Waals surface area contributed by atoms with E-state index in [0.717, 1.165) is 12.1 Å². The van der Waals surface area contributed by atoms with E-state index in [9.17, 15) is 18.7 Å². The Hall–Kier alpha value is -1.45. The van der Waals surface area contributed by atoms with E-state index in [4.69, 9.17) is 0 Å². The van der Waals surface area contributed by atoms with Crippen LogP contribution in [0.1, 0.15) is 26.3 Å². The summed E-state index contributed by atoms with van der Waals surface area (Å²) in [5.74, 6) is -3.29. The molecule has 2 nitrogen and oxygen atoms in total. The van der Waals surface area contributed by atoms with E-state index < -0.39 is 28.9 Å². The van der Waals surface area contributed by atoms with E-state index in [-0.39, 0.29) is 5.56 Å². The average Bonchev–Trinajstić information content (AvgIpc) is 2.16. The second kappa shape index (κ2) is 4.20. The van der Waals surface area contributed by atoms with Crippen LogP contribution in [0.15, 0.2) is 18.2 Å². The molecule has 0 saturated heterocycles. The summed E-state index contributed by atoms with van der Waals surface area (Å²) in [5, 5.41) is 9.17. The van der Waals surface area contributed by atoms with Gasteiger partial charge in [0.25, 0.3) is 0 Å². The molecule has 0 fully saturated rings. The Bertz CT molecular complexity index is 395. The zero-order chi connectivity index (χ0) is 12.5. The summed E-state index contributed by atoms with van der Waals surface area (Å²) in [6, 6.07) is 3.36. The molecule has 0 heterocycles. The van der Waals surface area contributed by atoms with Crippen molar-refractivity contribution in [1.29, 1.82) is 0 Å². The SMILES string of the molecule is CC(C)C(C)(C(=O)O)c1c(F)cccc1F. The lowest BCUT2D eigenvalue weighted by molar-refractivity contribution is -0.145. The third kappa shape index (κ3) is 1.79. The molecule has 0 amide bonds. The highest BCUT2D eigenvalue weighted by molar-refractivity contribution is 5.81. The zero-order valence-electron chi connectivity index (χ0n) is 9.42. The van der Waals surface area contributed by atoms with Gasteiger partial charge in [0, 0.05) is 5.56 Å². The maximum absolute atomic E-state index is 13.6. The van der Waals surface area contributed by atoms with Crippen LogP contribution in [0.2, 0.25) is 0 Å². The van der Waals surface area contributed by atoms with Gasteiger partial charge in [-0.3, -0.25) is 4.79 Å². The van der Waals surface area contributed by atoms with Crippen LogP contribution in [0, 0.1) is 17.6 Å². The third-order valence-corrected chi connectivity index (χ3v) is 3.08. The minimum atomic E-state index is -1.56. The largest absolute Gasteiger partial charge is 0.481 e. The molecule has 16 heavy (non-hydrogen) atoms. The molecule has 1 rings (SSSR count). The van der Waals surface area contributed by atoms with E-state index in [1.807, 2.05) is 0 Å². The fourth-order valence-corrected chi connectivity index (χ4v) is 1.64. The quantitative estimate of drug-likeness (QED) is 0.863. The maximum Gasteiger partial charge on any atom is 0.314 e. The lowest BCUT2D eigenvalue weighted by Crippen LogP contribution is -2.39. The van der Waals surface area contributed by atoms with Crippen molar-refractivity contribution in [2.75, 3.05) is 0 Å². The number of rotatable bonds is 3. The first-order chi connectivity index (χ1) is 7.31. The van der Waals surface area contributed by atoms with Crippen molar-refractivity contribution in [2.45, 2.75) is 26.2 Å². The number of carboxylic acid groups (broad SMARTS) is 1. The van der Waals surface area contributed by atoms with Gasteiger partial charge in [0.15, 0.2) is 0 Å². The summed E-state index contributed by atoms with van der Waals surface area (Å²) in [4.78, 5) is 11.2. The van der Waals surface area contributed by atoms with Gasteiger partial charge in [0.05, 0.1) is 5.41 Å². The second-order valence-corrected chi connectivity index (χ2v) is 4.26. The molecular formula is C12H14F2O2. The average molecular weight is 228 g/mol. The van der Waals surface area contributed by atoms with Crippen molar-refractivity contribution >= 4 is 5.97 Å². The van der Waals surface area contributed by atoms with Crippen molar-refractivity contribution < 1.29 is 18.7 Å². The number of aliphatic carboxylic acids is 1. The van der Waals surface area contributed by atoms with Crippen LogP contribution in [0.25, 0.3) is 0 Å². The molecule has 0 bridgehead atoms. The highest BCUT2D eigenvalue weighted by atomic mass is 19.1. The first-order valence-corrected chi connectivity index (χ1v) is 4.99. The van der Waals surface area contributed by atoms with Crippen molar-refractivity contribution in [3.8, 4) is 0 Å². The van der Waals surface area contributed by atoms with E-state index in [2.05, 4.69) is 0 Å². The molecule has 1 aromatic rings. The number of carboxylic acids is 1. The number of benzene rings is 1. The molecule has 0 radical (unpaired) electrons. The Morgan fingerprint density at radius 1 is 1.31 bits per heavy atom. The standard InChI is InChI=1S/C12H14F2O2/c1-7(2)12(3,11(15)16)10-8(13)5-4-6-9(10)14/h4-7H,1-3H3,(H,15,16). The minimum Gasteiger partial charge on any atom is -0.481 e. The fraction of sp³-hybridized carbons (Fsp3) is 0.417. The molecule has 0 aliphatic rings. The van der Waals surface area contributed by atoms with Crippen LogP contribution < -0.4 is 0 Å². The van der Waals surface area contributed by atoms with Crippen LogP contribution in [0.5, 0.6) is 0 Å². The van der Waals surface area contributed by atoms with E-state index in [1.54, 1.807) is 13.8 Å². The molecule has 0 aliphatic carbocycles. The molecule has 0 aromatic heterocycles. The molecule has 1 aromatic carbocycles. The van der Waals surface area contributed by atoms with Gasteiger partial charge < -0.3 is 5.11 Å². The molecule has 1 N–H and O–H groups in total. The summed E-state index contributed by atoms with van der Waals surface area (Å²) in [7, 11) is 0. The van der Waals surface area contributed by atoms with E-state index in [0.29, 0.717) is 0 Å². The van der Waals surface area contributed by atoms with Gasteiger partial charge in [0.1, 0.15) is 11.6 Å². The predicted molar refractivity (Wildman–Crippen MR) is 56.2 cm³/mol. The van der Waals surface area contributed by atoms with Gasteiger partial charge >= 0.3 is 5.97 Å². The Morgan fingerprint density at radius 2 is 1.75 bits per heavy atom. The molecule has 0 saturated carbocycles. The lowest BCUT2D eigenvalue weighted by Gasteiger charge is -2.30. The van der Waals surface area contributed by atoms with Crippen molar-refractivity contribution in [2.24, 2.45) is 5.92 Å².